The van der Waals surface area contributed by atoms with Crippen LogP contribution in [0.4, 0.5) is 0 Å². The maximum atomic E-state index is 10.8. The first-order valence-electron chi connectivity index (χ1n) is 12.3. The summed E-state index contributed by atoms with van der Waals surface area (Å²) in [7, 11) is 7.00. The van der Waals surface area contributed by atoms with Crippen molar-refractivity contribution in [3.63, 3.8) is 0 Å². The van der Waals surface area contributed by atoms with Gasteiger partial charge in [-0.1, -0.05) is 35.9 Å². The summed E-state index contributed by atoms with van der Waals surface area (Å²) >= 11 is 0. The number of aliphatic hydroxyl groups is 1. The highest BCUT2D eigenvalue weighted by Crippen LogP contribution is 2.42. The van der Waals surface area contributed by atoms with E-state index in [0.29, 0.717) is 17.7 Å². The molecule has 0 radical (unpaired) electrons. The molecule has 6 nitrogen and oxygen atoms in total. The lowest BCUT2D eigenvalue weighted by Gasteiger charge is -2.35. The highest BCUT2D eigenvalue weighted by atomic mass is 16.5. The number of methoxy groups -OCH3 is 3. The zero-order valence-corrected chi connectivity index (χ0v) is 22.1. The quantitative estimate of drug-likeness (QED) is 0.351. The second kappa shape index (κ2) is 12.7. The molecule has 0 saturated carbocycles. The van der Waals surface area contributed by atoms with Crippen molar-refractivity contribution in [2.24, 2.45) is 0 Å². The van der Waals surface area contributed by atoms with E-state index in [-0.39, 0.29) is 12.4 Å². The highest BCUT2D eigenvalue weighted by Gasteiger charge is 2.36. The molecule has 0 aromatic heterocycles. The SMILES string of the molecule is COc1ccc(O)c(C(CO)(CCCN(C)CCc2ccc(OC)c(OC)c2)c2ccc(C)cc2)c1. The van der Waals surface area contributed by atoms with Crippen molar-refractivity contribution in [3.8, 4) is 23.0 Å². The summed E-state index contributed by atoms with van der Waals surface area (Å²) in [5.41, 5.74) is 3.25. The number of aliphatic hydroxyl groups excluding tert-OH is 1. The van der Waals surface area contributed by atoms with Crippen LogP contribution >= 0.6 is 0 Å². The fraction of sp³-hybridized carbons (Fsp3) is 0.400. The van der Waals surface area contributed by atoms with E-state index in [0.717, 1.165) is 48.6 Å². The van der Waals surface area contributed by atoms with Gasteiger partial charge in [0, 0.05) is 17.5 Å². The van der Waals surface area contributed by atoms with Crippen molar-refractivity contribution < 1.29 is 24.4 Å². The van der Waals surface area contributed by atoms with Gasteiger partial charge in [0.05, 0.1) is 27.9 Å². The molecule has 0 fully saturated rings. The smallest absolute Gasteiger partial charge is 0.160 e. The van der Waals surface area contributed by atoms with Gasteiger partial charge in [0.15, 0.2) is 11.5 Å². The van der Waals surface area contributed by atoms with Crippen LogP contribution in [0.5, 0.6) is 23.0 Å². The molecule has 0 saturated heterocycles. The van der Waals surface area contributed by atoms with Crippen molar-refractivity contribution in [2.75, 3.05) is 48.1 Å². The molecule has 0 spiro atoms. The zero-order chi connectivity index (χ0) is 26.1. The predicted molar refractivity (Wildman–Crippen MR) is 144 cm³/mol. The van der Waals surface area contributed by atoms with E-state index in [9.17, 15) is 10.2 Å². The summed E-state index contributed by atoms with van der Waals surface area (Å²) in [5.74, 6) is 2.28. The molecule has 36 heavy (non-hydrogen) atoms. The molecule has 1 atom stereocenters. The Morgan fingerprint density at radius 3 is 2.19 bits per heavy atom. The van der Waals surface area contributed by atoms with E-state index >= 15 is 0 Å². The standard InChI is InChI=1S/C30H39NO5/c1-22-7-10-24(11-8-22)30(21-32,26-20-25(34-3)12-13-27(26)33)16-6-17-31(2)18-15-23-9-14-28(35-4)29(19-23)36-5/h7-14,19-20,32-33H,6,15-18,21H2,1-5H3. The van der Waals surface area contributed by atoms with Crippen LogP contribution in [0.2, 0.25) is 0 Å². The molecule has 0 aliphatic carbocycles. The average Bonchev–Trinajstić information content (AvgIpc) is 2.91. The van der Waals surface area contributed by atoms with Gasteiger partial charge in [-0.25, -0.2) is 0 Å². The topological polar surface area (TPSA) is 71.4 Å². The summed E-state index contributed by atoms with van der Waals surface area (Å²) in [4.78, 5) is 2.29. The molecule has 194 valence electrons. The molecular formula is C30H39NO5. The van der Waals surface area contributed by atoms with Crippen molar-refractivity contribution in [3.05, 3.63) is 82.9 Å². The molecule has 0 bridgehead atoms. The number of benzene rings is 3. The maximum absolute atomic E-state index is 10.8. The average molecular weight is 494 g/mol. The number of likely N-dealkylation sites (N-methyl/N-ethyl adjacent to an activating group) is 1. The molecule has 3 rings (SSSR count). The van der Waals surface area contributed by atoms with Crippen LogP contribution in [-0.4, -0.2) is 63.2 Å². The van der Waals surface area contributed by atoms with Gasteiger partial charge < -0.3 is 29.3 Å². The van der Waals surface area contributed by atoms with E-state index in [2.05, 4.69) is 18.0 Å². The van der Waals surface area contributed by atoms with Gasteiger partial charge in [-0.15, -0.1) is 0 Å². The Morgan fingerprint density at radius 1 is 0.833 bits per heavy atom. The van der Waals surface area contributed by atoms with Crippen molar-refractivity contribution in [1.29, 1.82) is 0 Å². The summed E-state index contributed by atoms with van der Waals surface area (Å²) in [6, 6.07) is 19.4. The minimum absolute atomic E-state index is 0.119. The van der Waals surface area contributed by atoms with Crippen LogP contribution in [0.15, 0.2) is 60.7 Å². The predicted octanol–water partition coefficient (Wildman–Crippen LogP) is 4.96. The summed E-state index contributed by atoms with van der Waals surface area (Å²) in [5, 5.41) is 21.6. The minimum Gasteiger partial charge on any atom is -0.508 e. The third-order valence-corrected chi connectivity index (χ3v) is 6.97. The van der Waals surface area contributed by atoms with Crippen LogP contribution < -0.4 is 14.2 Å². The van der Waals surface area contributed by atoms with Crippen LogP contribution in [0.25, 0.3) is 0 Å². The number of aromatic hydroxyl groups is 1. The summed E-state index contributed by atoms with van der Waals surface area (Å²) in [6.45, 7) is 3.66. The molecule has 6 heteroatoms. The normalized spacial score (nSPS) is 12.9. The Kier molecular flexibility index (Phi) is 9.62. The first kappa shape index (κ1) is 27.4. The first-order chi connectivity index (χ1) is 17.4. The molecule has 3 aromatic rings. The molecule has 2 N–H and O–H groups in total. The fourth-order valence-electron chi connectivity index (χ4n) is 4.71. The molecule has 1 unspecified atom stereocenters. The number of phenols is 1. The van der Waals surface area contributed by atoms with E-state index in [4.69, 9.17) is 14.2 Å². The number of aryl methyl sites for hydroxylation is 1. The number of phenolic OH excluding ortho intramolecular Hbond substituents is 1. The van der Waals surface area contributed by atoms with Crippen LogP contribution in [0, 0.1) is 6.92 Å². The molecular weight excluding hydrogens is 454 g/mol. The number of hydrogen-bond acceptors (Lipinski definition) is 6. The lowest BCUT2D eigenvalue weighted by molar-refractivity contribution is 0.199. The van der Waals surface area contributed by atoms with Gasteiger partial charge in [0.1, 0.15) is 11.5 Å². The summed E-state index contributed by atoms with van der Waals surface area (Å²) in [6.07, 6.45) is 2.40. The van der Waals surface area contributed by atoms with Gasteiger partial charge in [-0.05, 0) is 81.2 Å². The molecule has 0 aliphatic heterocycles. The largest absolute Gasteiger partial charge is 0.508 e. The second-order valence-electron chi connectivity index (χ2n) is 9.34. The Bertz CT molecular complexity index is 1110. The lowest BCUT2D eigenvalue weighted by Crippen LogP contribution is -2.34. The van der Waals surface area contributed by atoms with E-state index in [1.54, 1.807) is 33.5 Å². The fourth-order valence-corrected chi connectivity index (χ4v) is 4.71. The van der Waals surface area contributed by atoms with Gasteiger partial charge >= 0.3 is 0 Å². The zero-order valence-electron chi connectivity index (χ0n) is 22.1. The summed E-state index contributed by atoms with van der Waals surface area (Å²) < 4.78 is 16.2. The number of hydrogen-bond donors (Lipinski definition) is 2. The Morgan fingerprint density at radius 2 is 1.56 bits per heavy atom. The van der Waals surface area contributed by atoms with E-state index in [1.165, 1.54) is 5.56 Å². The van der Waals surface area contributed by atoms with Gasteiger partial charge in [0.25, 0.3) is 0 Å². The van der Waals surface area contributed by atoms with E-state index in [1.807, 2.05) is 49.4 Å². The minimum atomic E-state index is -0.740. The van der Waals surface area contributed by atoms with Gasteiger partial charge in [0.2, 0.25) is 0 Å². The van der Waals surface area contributed by atoms with Gasteiger partial charge in [-0.3, -0.25) is 0 Å². The van der Waals surface area contributed by atoms with Gasteiger partial charge in [-0.2, -0.15) is 0 Å². The first-order valence-corrected chi connectivity index (χ1v) is 12.3. The van der Waals surface area contributed by atoms with Crippen molar-refractivity contribution in [2.45, 2.75) is 31.6 Å². The van der Waals surface area contributed by atoms with E-state index < -0.39 is 5.41 Å². The monoisotopic (exact) mass is 493 g/mol. The molecule has 0 aliphatic rings. The van der Waals surface area contributed by atoms with Crippen LogP contribution in [0.3, 0.4) is 0 Å². The highest BCUT2D eigenvalue weighted by molar-refractivity contribution is 5.50. The Hall–Kier alpha value is -3.22. The Balaban J connectivity index is 1.74. The van der Waals surface area contributed by atoms with Crippen LogP contribution in [0.1, 0.15) is 35.1 Å². The third kappa shape index (κ3) is 6.31. The molecule has 3 aromatic carbocycles. The lowest BCUT2D eigenvalue weighted by atomic mass is 9.71. The van der Waals surface area contributed by atoms with Crippen molar-refractivity contribution >= 4 is 0 Å². The molecule has 0 amide bonds. The third-order valence-electron chi connectivity index (χ3n) is 6.97. The number of rotatable bonds is 13. The second-order valence-corrected chi connectivity index (χ2v) is 9.34. The van der Waals surface area contributed by atoms with Crippen molar-refractivity contribution in [1.82, 2.24) is 4.90 Å². The van der Waals surface area contributed by atoms with Crippen LogP contribution in [-0.2, 0) is 11.8 Å². The number of ether oxygens (including phenoxy) is 3. The maximum Gasteiger partial charge on any atom is 0.160 e. The number of nitrogens with zero attached hydrogens (tertiary/aromatic N) is 1. The Labute approximate surface area is 215 Å². The molecule has 0 heterocycles.